The molecule has 0 amide bonds. The summed E-state index contributed by atoms with van der Waals surface area (Å²) < 4.78 is 0.810. The van der Waals surface area contributed by atoms with Crippen molar-refractivity contribution in [3.63, 3.8) is 0 Å². The zero-order valence-corrected chi connectivity index (χ0v) is 11.1. The Bertz CT molecular complexity index is 328. The molecule has 72 valence electrons. The van der Waals surface area contributed by atoms with E-state index in [0.717, 1.165) is 9.66 Å². The van der Waals surface area contributed by atoms with E-state index in [4.69, 9.17) is 0 Å². The van der Waals surface area contributed by atoms with E-state index in [2.05, 4.69) is 41.6 Å². The first-order valence-electron chi connectivity index (χ1n) is 4.32. The van der Waals surface area contributed by atoms with Crippen LogP contribution in [0.15, 0.2) is 16.6 Å². The number of halogens is 1. The summed E-state index contributed by atoms with van der Waals surface area (Å²) in [4.78, 5) is 0. The van der Waals surface area contributed by atoms with E-state index < -0.39 is 8.07 Å². The van der Waals surface area contributed by atoms with Gasteiger partial charge in [-0.25, -0.2) is 0 Å². The summed E-state index contributed by atoms with van der Waals surface area (Å²) in [5.41, 5.74) is 1.20. The van der Waals surface area contributed by atoms with Gasteiger partial charge in [0.2, 0.25) is 0 Å². The molecule has 0 saturated heterocycles. The first-order chi connectivity index (χ1) is 5.82. The monoisotopic (exact) mass is 258 g/mol. The number of rotatable bonds is 1. The van der Waals surface area contributed by atoms with E-state index in [0.29, 0.717) is 5.75 Å². The van der Waals surface area contributed by atoms with Gasteiger partial charge in [-0.05, 0) is 39.7 Å². The van der Waals surface area contributed by atoms with Gasteiger partial charge in [0.15, 0.2) is 0 Å². The Kier molecular flexibility index (Phi) is 2.87. The van der Waals surface area contributed by atoms with Crippen LogP contribution < -0.4 is 5.19 Å². The van der Waals surface area contributed by atoms with E-state index in [9.17, 15) is 5.11 Å². The van der Waals surface area contributed by atoms with Crippen molar-refractivity contribution in [3.8, 4) is 5.75 Å². The predicted octanol–water partition coefficient (Wildman–Crippen LogP) is 3.01. The van der Waals surface area contributed by atoms with E-state index in [1.807, 2.05) is 13.0 Å². The molecule has 0 saturated carbocycles. The van der Waals surface area contributed by atoms with Gasteiger partial charge in [-0.1, -0.05) is 25.7 Å². The van der Waals surface area contributed by atoms with Gasteiger partial charge in [-0.15, -0.1) is 0 Å². The van der Waals surface area contributed by atoms with Crippen LogP contribution in [-0.4, -0.2) is 13.2 Å². The minimum absolute atomic E-state index is 0.421. The number of aromatic hydroxyl groups is 1. The maximum atomic E-state index is 9.85. The molecule has 1 rings (SSSR count). The van der Waals surface area contributed by atoms with Crippen molar-refractivity contribution in [2.24, 2.45) is 0 Å². The highest BCUT2D eigenvalue weighted by Gasteiger charge is 2.21. The van der Waals surface area contributed by atoms with Crippen LogP contribution in [0.2, 0.25) is 19.6 Å². The van der Waals surface area contributed by atoms with E-state index in [1.54, 1.807) is 0 Å². The highest BCUT2D eigenvalue weighted by atomic mass is 79.9. The summed E-state index contributed by atoms with van der Waals surface area (Å²) >= 11 is 3.36. The van der Waals surface area contributed by atoms with Crippen LogP contribution in [0, 0.1) is 6.92 Å². The topological polar surface area (TPSA) is 20.2 Å². The van der Waals surface area contributed by atoms with E-state index in [1.165, 1.54) is 5.56 Å². The lowest BCUT2D eigenvalue weighted by Crippen LogP contribution is -2.38. The SMILES string of the molecule is Cc1cc(Br)c(O)c([Si](C)(C)C)c1. The first kappa shape index (κ1) is 10.8. The maximum absolute atomic E-state index is 9.85. The van der Waals surface area contributed by atoms with Crippen molar-refractivity contribution >= 4 is 29.2 Å². The molecule has 0 radical (unpaired) electrons. The number of hydrogen-bond donors (Lipinski definition) is 1. The normalized spacial score (nSPS) is 11.8. The largest absolute Gasteiger partial charge is 0.507 e. The molecule has 0 unspecified atom stereocenters. The highest BCUT2D eigenvalue weighted by molar-refractivity contribution is 9.10. The third-order valence-electron chi connectivity index (χ3n) is 2.02. The minimum atomic E-state index is -1.42. The van der Waals surface area contributed by atoms with Gasteiger partial charge in [0.25, 0.3) is 0 Å². The summed E-state index contributed by atoms with van der Waals surface area (Å²) in [6, 6.07) is 4.03. The van der Waals surface area contributed by atoms with Crippen molar-refractivity contribution < 1.29 is 5.11 Å². The Balaban J connectivity index is 3.37. The second-order valence-electron chi connectivity index (χ2n) is 4.39. The average molecular weight is 259 g/mol. The molecule has 0 atom stereocenters. The molecule has 0 bridgehead atoms. The molecular formula is C10H15BrOSi. The minimum Gasteiger partial charge on any atom is -0.507 e. The lowest BCUT2D eigenvalue weighted by atomic mass is 10.2. The van der Waals surface area contributed by atoms with Gasteiger partial charge >= 0.3 is 0 Å². The Hall–Kier alpha value is -0.283. The molecule has 0 fully saturated rings. The summed E-state index contributed by atoms with van der Waals surface area (Å²) in [6.07, 6.45) is 0. The lowest BCUT2D eigenvalue weighted by Gasteiger charge is -2.19. The summed E-state index contributed by atoms with van der Waals surface area (Å²) in [7, 11) is -1.42. The fraction of sp³-hybridized carbons (Fsp3) is 0.400. The molecule has 1 nitrogen and oxygen atoms in total. The molecule has 0 spiro atoms. The van der Waals surface area contributed by atoms with Crippen LogP contribution in [0.4, 0.5) is 0 Å². The fourth-order valence-corrected chi connectivity index (χ4v) is 3.57. The second kappa shape index (κ2) is 3.46. The number of benzene rings is 1. The zero-order valence-electron chi connectivity index (χ0n) is 8.48. The van der Waals surface area contributed by atoms with Gasteiger partial charge in [0, 0.05) is 0 Å². The van der Waals surface area contributed by atoms with Gasteiger partial charge in [-0.2, -0.15) is 0 Å². The quantitative estimate of drug-likeness (QED) is 0.769. The molecule has 3 heteroatoms. The smallest absolute Gasteiger partial charge is 0.128 e. The van der Waals surface area contributed by atoms with Crippen molar-refractivity contribution in [3.05, 3.63) is 22.2 Å². The molecule has 1 aromatic carbocycles. The van der Waals surface area contributed by atoms with Gasteiger partial charge in [0.05, 0.1) is 12.5 Å². The third-order valence-corrected chi connectivity index (χ3v) is 4.62. The van der Waals surface area contributed by atoms with Gasteiger partial charge in [0.1, 0.15) is 5.75 Å². The van der Waals surface area contributed by atoms with Crippen LogP contribution in [0.1, 0.15) is 5.56 Å². The van der Waals surface area contributed by atoms with Crippen LogP contribution in [0.5, 0.6) is 5.75 Å². The average Bonchev–Trinajstić information content (AvgIpc) is 1.94. The molecular weight excluding hydrogens is 244 g/mol. The van der Waals surface area contributed by atoms with Gasteiger partial charge in [-0.3, -0.25) is 0 Å². The molecule has 0 heterocycles. The number of phenolic OH excluding ortho intramolecular Hbond substituents is 1. The number of phenols is 1. The summed E-state index contributed by atoms with van der Waals surface area (Å²) in [5, 5.41) is 11.0. The first-order valence-corrected chi connectivity index (χ1v) is 8.61. The van der Waals surface area contributed by atoms with E-state index >= 15 is 0 Å². The van der Waals surface area contributed by atoms with Crippen molar-refractivity contribution in [1.29, 1.82) is 0 Å². The number of hydrogen-bond acceptors (Lipinski definition) is 1. The molecule has 0 aliphatic heterocycles. The number of aryl methyl sites for hydroxylation is 1. The molecule has 1 N–H and O–H groups in total. The van der Waals surface area contributed by atoms with Crippen LogP contribution in [0.25, 0.3) is 0 Å². The van der Waals surface area contributed by atoms with Crippen molar-refractivity contribution in [2.45, 2.75) is 26.6 Å². The highest BCUT2D eigenvalue weighted by Crippen LogP contribution is 2.25. The van der Waals surface area contributed by atoms with Gasteiger partial charge < -0.3 is 5.11 Å². The van der Waals surface area contributed by atoms with Crippen molar-refractivity contribution in [2.75, 3.05) is 0 Å². The second-order valence-corrected chi connectivity index (χ2v) is 10.3. The standard InChI is InChI=1S/C10H15BrOSi/c1-7-5-8(11)10(12)9(6-7)13(2,3)4/h5-6,12H,1-4H3. The summed E-state index contributed by atoms with van der Waals surface area (Å²) in [6.45, 7) is 8.74. The van der Waals surface area contributed by atoms with Crippen LogP contribution in [-0.2, 0) is 0 Å². The Morgan fingerprint density at radius 1 is 1.23 bits per heavy atom. The Labute approximate surface area is 88.9 Å². The van der Waals surface area contributed by atoms with E-state index in [-0.39, 0.29) is 0 Å². The summed E-state index contributed by atoms with van der Waals surface area (Å²) in [5.74, 6) is 0.421. The Morgan fingerprint density at radius 3 is 2.23 bits per heavy atom. The molecule has 13 heavy (non-hydrogen) atoms. The lowest BCUT2D eigenvalue weighted by molar-refractivity contribution is 0.475. The maximum Gasteiger partial charge on any atom is 0.128 e. The molecule has 0 aliphatic rings. The molecule has 0 aliphatic carbocycles. The fourth-order valence-electron chi connectivity index (χ4n) is 1.31. The van der Waals surface area contributed by atoms with Crippen LogP contribution >= 0.6 is 15.9 Å². The van der Waals surface area contributed by atoms with Crippen LogP contribution in [0.3, 0.4) is 0 Å². The third kappa shape index (κ3) is 2.35. The zero-order chi connectivity index (χ0) is 10.2. The van der Waals surface area contributed by atoms with Crippen molar-refractivity contribution in [1.82, 2.24) is 0 Å². The molecule has 1 aromatic rings. The Morgan fingerprint density at radius 2 is 1.77 bits per heavy atom. The predicted molar refractivity (Wildman–Crippen MR) is 63.5 cm³/mol. The molecule has 0 aromatic heterocycles.